The van der Waals surface area contributed by atoms with Crippen LogP contribution in [-0.4, -0.2) is 25.4 Å². The minimum absolute atomic E-state index is 0.598. The molecule has 0 amide bonds. The lowest BCUT2D eigenvalue weighted by Crippen LogP contribution is -2.29. The van der Waals surface area contributed by atoms with Crippen molar-refractivity contribution in [2.24, 2.45) is 0 Å². The minimum Gasteiger partial charge on any atom is -0.385 e. The Morgan fingerprint density at radius 2 is 2.24 bits per heavy atom. The van der Waals surface area contributed by atoms with Gasteiger partial charge in [-0.15, -0.1) is 0 Å². The van der Waals surface area contributed by atoms with Crippen LogP contribution in [-0.2, 0) is 4.74 Å². The maximum absolute atomic E-state index is 6.02. The van der Waals surface area contributed by atoms with E-state index in [9.17, 15) is 0 Å². The van der Waals surface area contributed by atoms with Gasteiger partial charge in [0.1, 0.15) is 0 Å². The highest BCUT2D eigenvalue weighted by molar-refractivity contribution is 7.80. The number of ether oxygens (including phenoxy) is 1. The first-order chi connectivity index (χ1) is 8.13. The minimum atomic E-state index is 0.598. The van der Waals surface area contributed by atoms with E-state index in [4.69, 9.17) is 28.6 Å². The van der Waals surface area contributed by atoms with Crippen LogP contribution in [0.1, 0.15) is 12.0 Å². The first-order valence-corrected chi connectivity index (χ1v) is 6.22. The van der Waals surface area contributed by atoms with Crippen molar-refractivity contribution < 1.29 is 4.74 Å². The first-order valence-electron chi connectivity index (χ1n) is 5.43. The van der Waals surface area contributed by atoms with Gasteiger partial charge in [-0.25, -0.2) is 0 Å². The molecule has 0 bridgehead atoms. The Morgan fingerprint density at radius 3 is 2.88 bits per heavy atom. The van der Waals surface area contributed by atoms with E-state index in [0.717, 1.165) is 35.8 Å². The second-order valence-electron chi connectivity index (χ2n) is 3.69. The number of hydrogen-bond acceptors (Lipinski definition) is 2. The molecule has 0 unspecified atom stereocenters. The van der Waals surface area contributed by atoms with Crippen molar-refractivity contribution in [1.29, 1.82) is 0 Å². The van der Waals surface area contributed by atoms with Crippen LogP contribution in [0.3, 0.4) is 0 Å². The van der Waals surface area contributed by atoms with Crippen LogP contribution >= 0.6 is 23.8 Å². The molecule has 0 fully saturated rings. The zero-order chi connectivity index (χ0) is 12.7. The van der Waals surface area contributed by atoms with Crippen molar-refractivity contribution in [1.82, 2.24) is 5.32 Å². The van der Waals surface area contributed by atoms with Gasteiger partial charge < -0.3 is 15.4 Å². The third-order valence-electron chi connectivity index (χ3n) is 2.24. The Hall–Kier alpha value is -0.840. The summed E-state index contributed by atoms with van der Waals surface area (Å²) >= 11 is 11.2. The van der Waals surface area contributed by atoms with Crippen molar-refractivity contribution in [2.75, 3.05) is 25.6 Å². The fourth-order valence-electron chi connectivity index (χ4n) is 1.26. The average molecular weight is 273 g/mol. The van der Waals surface area contributed by atoms with E-state index in [-0.39, 0.29) is 0 Å². The standard InChI is InChI=1S/C12H17ClN2OS/c1-9-4-5-10(8-11(9)13)15-12(17)14-6-3-7-16-2/h4-5,8H,3,6-7H2,1-2H3,(H2,14,15,17). The molecule has 0 aliphatic carbocycles. The molecule has 0 saturated carbocycles. The predicted molar refractivity (Wildman–Crippen MR) is 76.9 cm³/mol. The third-order valence-corrected chi connectivity index (χ3v) is 2.89. The summed E-state index contributed by atoms with van der Waals surface area (Å²) in [6.07, 6.45) is 0.924. The van der Waals surface area contributed by atoms with Gasteiger partial charge in [-0.3, -0.25) is 0 Å². The first kappa shape index (κ1) is 14.2. The van der Waals surface area contributed by atoms with E-state index < -0.39 is 0 Å². The number of nitrogens with one attached hydrogen (secondary N) is 2. The van der Waals surface area contributed by atoms with Gasteiger partial charge in [0.05, 0.1) is 0 Å². The SMILES string of the molecule is COCCCNC(=S)Nc1ccc(C)c(Cl)c1. The molecule has 1 aromatic carbocycles. The number of thiocarbonyl (C=S) groups is 1. The fraction of sp³-hybridized carbons (Fsp3) is 0.417. The molecule has 1 rings (SSSR count). The summed E-state index contributed by atoms with van der Waals surface area (Å²) in [5.74, 6) is 0. The van der Waals surface area contributed by atoms with Crippen molar-refractivity contribution >= 4 is 34.6 Å². The topological polar surface area (TPSA) is 33.3 Å². The molecule has 0 atom stereocenters. The van der Waals surface area contributed by atoms with Crippen LogP contribution in [0.15, 0.2) is 18.2 Å². The summed E-state index contributed by atoms with van der Waals surface area (Å²) in [7, 11) is 1.69. The van der Waals surface area contributed by atoms with Gasteiger partial charge in [-0.05, 0) is 43.3 Å². The third kappa shape index (κ3) is 5.35. The van der Waals surface area contributed by atoms with Gasteiger partial charge in [-0.1, -0.05) is 17.7 Å². The van der Waals surface area contributed by atoms with Gasteiger partial charge >= 0.3 is 0 Å². The van der Waals surface area contributed by atoms with Gasteiger partial charge in [0.25, 0.3) is 0 Å². The Kier molecular flexibility index (Phi) is 6.26. The van der Waals surface area contributed by atoms with Gasteiger partial charge in [0.2, 0.25) is 0 Å². The summed E-state index contributed by atoms with van der Waals surface area (Å²) in [5, 5.41) is 7.51. The lowest BCUT2D eigenvalue weighted by molar-refractivity contribution is 0.196. The van der Waals surface area contributed by atoms with Crippen molar-refractivity contribution in [3.8, 4) is 0 Å². The van der Waals surface area contributed by atoms with Gasteiger partial charge in [-0.2, -0.15) is 0 Å². The van der Waals surface area contributed by atoms with E-state index in [0.29, 0.717) is 5.11 Å². The molecule has 0 radical (unpaired) electrons. The van der Waals surface area contributed by atoms with Crippen LogP contribution in [0.5, 0.6) is 0 Å². The summed E-state index contributed by atoms with van der Waals surface area (Å²) in [4.78, 5) is 0. The fourth-order valence-corrected chi connectivity index (χ4v) is 1.66. The largest absolute Gasteiger partial charge is 0.385 e. The number of methoxy groups -OCH3 is 1. The number of benzene rings is 1. The molecular formula is C12H17ClN2OS. The molecule has 3 nitrogen and oxygen atoms in total. The molecule has 0 heterocycles. The summed E-state index contributed by atoms with van der Waals surface area (Å²) in [5.41, 5.74) is 1.95. The van der Waals surface area contributed by atoms with Crippen LogP contribution < -0.4 is 10.6 Å². The Labute approximate surface area is 112 Å². The Balaban J connectivity index is 2.37. The maximum atomic E-state index is 6.02. The highest BCUT2D eigenvalue weighted by Crippen LogP contribution is 2.19. The van der Waals surface area contributed by atoms with Crippen molar-refractivity contribution in [2.45, 2.75) is 13.3 Å². The normalized spacial score (nSPS) is 10.1. The van der Waals surface area contributed by atoms with Gasteiger partial charge in [0.15, 0.2) is 5.11 Å². The molecule has 1 aromatic rings. The van der Waals surface area contributed by atoms with E-state index in [1.807, 2.05) is 25.1 Å². The average Bonchev–Trinajstić information content (AvgIpc) is 2.30. The van der Waals surface area contributed by atoms with Crippen molar-refractivity contribution in [3.05, 3.63) is 28.8 Å². The molecular weight excluding hydrogens is 256 g/mol. The van der Waals surface area contributed by atoms with Crippen molar-refractivity contribution in [3.63, 3.8) is 0 Å². The van der Waals surface area contributed by atoms with Crippen LogP contribution in [0.2, 0.25) is 5.02 Å². The van der Waals surface area contributed by atoms with E-state index in [1.165, 1.54) is 0 Å². The van der Waals surface area contributed by atoms with Gasteiger partial charge in [0, 0.05) is 31.0 Å². The number of rotatable bonds is 5. The maximum Gasteiger partial charge on any atom is 0.170 e. The summed E-state index contributed by atoms with van der Waals surface area (Å²) < 4.78 is 4.95. The molecule has 0 aromatic heterocycles. The predicted octanol–water partition coefficient (Wildman–Crippen LogP) is 2.97. The summed E-state index contributed by atoms with van der Waals surface area (Å²) in [6, 6.07) is 5.77. The number of halogens is 1. The Morgan fingerprint density at radius 1 is 1.47 bits per heavy atom. The second kappa shape index (κ2) is 7.48. The zero-order valence-electron chi connectivity index (χ0n) is 10.0. The number of hydrogen-bond donors (Lipinski definition) is 2. The summed E-state index contributed by atoms with van der Waals surface area (Å²) in [6.45, 7) is 3.48. The highest BCUT2D eigenvalue weighted by Gasteiger charge is 2.00. The molecule has 0 aliphatic rings. The van der Waals surface area contributed by atoms with E-state index in [1.54, 1.807) is 7.11 Å². The molecule has 0 saturated heterocycles. The Bertz CT molecular complexity index is 385. The van der Waals surface area contributed by atoms with Crippen LogP contribution in [0.4, 0.5) is 5.69 Å². The molecule has 2 N–H and O–H groups in total. The molecule has 5 heteroatoms. The quantitative estimate of drug-likeness (QED) is 0.638. The number of aryl methyl sites for hydroxylation is 1. The second-order valence-corrected chi connectivity index (χ2v) is 4.51. The lowest BCUT2D eigenvalue weighted by atomic mass is 10.2. The van der Waals surface area contributed by atoms with Crippen LogP contribution in [0.25, 0.3) is 0 Å². The molecule has 17 heavy (non-hydrogen) atoms. The highest BCUT2D eigenvalue weighted by atomic mass is 35.5. The number of anilines is 1. The van der Waals surface area contributed by atoms with E-state index >= 15 is 0 Å². The molecule has 0 spiro atoms. The smallest absolute Gasteiger partial charge is 0.170 e. The monoisotopic (exact) mass is 272 g/mol. The zero-order valence-corrected chi connectivity index (χ0v) is 11.6. The molecule has 0 aliphatic heterocycles. The molecule has 94 valence electrons. The lowest BCUT2D eigenvalue weighted by Gasteiger charge is -2.11. The van der Waals surface area contributed by atoms with Crippen LogP contribution in [0, 0.1) is 6.92 Å². The van der Waals surface area contributed by atoms with E-state index in [2.05, 4.69) is 10.6 Å².